The summed E-state index contributed by atoms with van der Waals surface area (Å²) in [7, 11) is 2.19. The smallest absolute Gasteiger partial charge is 0.0931 e. The number of likely N-dealkylation sites (N-methyl/N-ethyl adjacent to an activating group) is 1. The third-order valence-electron chi connectivity index (χ3n) is 3.93. The average Bonchev–Trinajstić information content (AvgIpc) is 2.71. The van der Waals surface area contributed by atoms with Crippen molar-refractivity contribution in [2.75, 3.05) is 33.2 Å². The molecule has 1 fully saturated rings. The second kappa shape index (κ2) is 5.47. The predicted octanol–water partition coefficient (Wildman–Crippen LogP) is 2.43. The van der Waals surface area contributed by atoms with Crippen molar-refractivity contribution < 1.29 is 0 Å². The lowest BCUT2D eigenvalue weighted by Crippen LogP contribution is -2.58. The molecule has 2 heterocycles. The van der Waals surface area contributed by atoms with Gasteiger partial charge in [0, 0.05) is 36.6 Å². The minimum absolute atomic E-state index is 0.201. The molecule has 5 heteroatoms. The summed E-state index contributed by atoms with van der Waals surface area (Å²) in [6.07, 6.45) is 0. The molecule has 0 spiro atoms. The van der Waals surface area contributed by atoms with Crippen molar-refractivity contribution in [3.8, 4) is 0 Å². The molecule has 1 unspecified atom stereocenters. The van der Waals surface area contributed by atoms with E-state index in [1.54, 1.807) is 11.3 Å². The maximum Gasteiger partial charge on any atom is 0.0931 e. The number of rotatable bonds is 3. The van der Waals surface area contributed by atoms with E-state index in [2.05, 4.69) is 36.8 Å². The first-order valence-corrected chi connectivity index (χ1v) is 7.54. The van der Waals surface area contributed by atoms with Crippen molar-refractivity contribution in [1.29, 1.82) is 0 Å². The first kappa shape index (κ1) is 14.3. The van der Waals surface area contributed by atoms with Crippen molar-refractivity contribution in [1.82, 2.24) is 9.80 Å². The Bertz CT molecular complexity index is 405. The number of hydrogen-bond donors (Lipinski definition) is 1. The van der Waals surface area contributed by atoms with E-state index in [1.807, 2.05) is 6.07 Å². The molecule has 1 aromatic rings. The summed E-state index contributed by atoms with van der Waals surface area (Å²) in [6, 6.07) is 4.37. The van der Waals surface area contributed by atoms with E-state index >= 15 is 0 Å². The van der Waals surface area contributed by atoms with Crippen LogP contribution in [0.3, 0.4) is 0 Å². The van der Waals surface area contributed by atoms with Crippen LogP contribution in [-0.2, 0) is 0 Å². The Labute approximate surface area is 119 Å². The van der Waals surface area contributed by atoms with Crippen LogP contribution < -0.4 is 5.73 Å². The summed E-state index contributed by atoms with van der Waals surface area (Å²) < 4.78 is 0.844. The molecular formula is C13H22ClN3S. The zero-order valence-electron chi connectivity index (χ0n) is 11.3. The van der Waals surface area contributed by atoms with Gasteiger partial charge < -0.3 is 5.73 Å². The van der Waals surface area contributed by atoms with Crippen LogP contribution in [0.2, 0.25) is 4.34 Å². The molecule has 1 aliphatic heterocycles. The fourth-order valence-corrected chi connectivity index (χ4v) is 3.71. The van der Waals surface area contributed by atoms with Gasteiger partial charge in [0.25, 0.3) is 0 Å². The molecule has 0 saturated carbocycles. The maximum atomic E-state index is 6.03. The third kappa shape index (κ3) is 2.89. The highest BCUT2D eigenvalue weighted by Gasteiger charge is 2.34. The van der Waals surface area contributed by atoms with Gasteiger partial charge >= 0.3 is 0 Å². The van der Waals surface area contributed by atoms with Gasteiger partial charge in [0.15, 0.2) is 0 Å². The highest BCUT2D eigenvalue weighted by molar-refractivity contribution is 7.16. The minimum atomic E-state index is 0.201. The topological polar surface area (TPSA) is 32.5 Å². The third-order valence-corrected chi connectivity index (χ3v) is 5.26. The molecule has 1 aliphatic rings. The minimum Gasteiger partial charge on any atom is -0.329 e. The Balaban J connectivity index is 2.14. The molecular weight excluding hydrogens is 266 g/mol. The van der Waals surface area contributed by atoms with Crippen molar-refractivity contribution in [2.45, 2.75) is 25.4 Å². The molecule has 0 amide bonds. The van der Waals surface area contributed by atoms with Crippen molar-refractivity contribution in [3.63, 3.8) is 0 Å². The van der Waals surface area contributed by atoms with Gasteiger partial charge in [-0.2, -0.15) is 0 Å². The molecule has 1 atom stereocenters. The largest absolute Gasteiger partial charge is 0.329 e. The van der Waals surface area contributed by atoms with Crippen molar-refractivity contribution in [3.05, 3.63) is 21.3 Å². The number of thiophene rings is 1. The second-order valence-corrected chi connectivity index (χ2v) is 7.34. The lowest BCUT2D eigenvalue weighted by Gasteiger charge is -2.47. The second-order valence-electron chi connectivity index (χ2n) is 5.60. The number of halogens is 1. The van der Waals surface area contributed by atoms with Crippen LogP contribution in [0.5, 0.6) is 0 Å². The lowest BCUT2D eigenvalue weighted by molar-refractivity contribution is 0.0188. The summed E-state index contributed by atoms with van der Waals surface area (Å²) in [6.45, 7) is 8.42. The summed E-state index contributed by atoms with van der Waals surface area (Å²) in [4.78, 5) is 6.18. The molecule has 0 radical (unpaired) electrons. The van der Waals surface area contributed by atoms with Gasteiger partial charge in [-0.25, -0.2) is 0 Å². The highest BCUT2D eigenvalue weighted by atomic mass is 35.5. The summed E-state index contributed by atoms with van der Waals surface area (Å²) in [5, 5.41) is 0. The van der Waals surface area contributed by atoms with Gasteiger partial charge in [-0.05, 0) is 33.0 Å². The average molecular weight is 288 g/mol. The number of hydrogen-bond acceptors (Lipinski definition) is 4. The first-order chi connectivity index (χ1) is 8.44. The maximum absolute atomic E-state index is 6.03. The molecule has 2 N–H and O–H groups in total. The van der Waals surface area contributed by atoms with E-state index in [-0.39, 0.29) is 5.54 Å². The molecule has 0 aromatic carbocycles. The highest BCUT2D eigenvalue weighted by Crippen LogP contribution is 2.32. The Morgan fingerprint density at radius 1 is 1.44 bits per heavy atom. The number of nitrogens with zero attached hydrogens (tertiary/aromatic N) is 2. The Morgan fingerprint density at radius 2 is 2.17 bits per heavy atom. The van der Waals surface area contributed by atoms with Crippen LogP contribution >= 0.6 is 22.9 Å². The van der Waals surface area contributed by atoms with Gasteiger partial charge in [0.05, 0.1) is 10.4 Å². The van der Waals surface area contributed by atoms with E-state index < -0.39 is 0 Å². The molecule has 3 nitrogen and oxygen atoms in total. The van der Waals surface area contributed by atoms with Crippen LogP contribution in [0.15, 0.2) is 12.1 Å². The number of piperazine rings is 1. The molecule has 2 rings (SSSR count). The van der Waals surface area contributed by atoms with Gasteiger partial charge in [-0.15, -0.1) is 11.3 Å². The molecule has 1 saturated heterocycles. The quantitative estimate of drug-likeness (QED) is 0.927. The van der Waals surface area contributed by atoms with E-state index in [0.717, 1.165) is 24.0 Å². The summed E-state index contributed by atoms with van der Waals surface area (Å²) >= 11 is 7.68. The van der Waals surface area contributed by atoms with Crippen molar-refractivity contribution in [2.24, 2.45) is 5.73 Å². The van der Waals surface area contributed by atoms with Crippen LogP contribution in [0.25, 0.3) is 0 Å². The van der Waals surface area contributed by atoms with Crippen molar-refractivity contribution >= 4 is 22.9 Å². The SMILES string of the molecule is CN1CCN(C(CN)c2ccc(Cl)s2)CC1(C)C. The molecule has 0 aliphatic carbocycles. The normalized spacial score (nSPS) is 23.2. The van der Waals surface area contributed by atoms with Gasteiger partial charge in [-0.1, -0.05) is 11.6 Å². The van der Waals surface area contributed by atoms with Crippen LogP contribution in [-0.4, -0.2) is 48.6 Å². The Kier molecular flexibility index (Phi) is 4.34. The van der Waals surface area contributed by atoms with Gasteiger partial charge in [-0.3, -0.25) is 9.80 Å². The van der Waals surface area contributed by atoms with Gasteiger partial charge in [0.2, 0.25) is 0 Å². The Hall–Kier alpha value is -0.130. The van der Waals surface area contributed by atoms with E-state index in [1.165, 1.54) is 4.88 Å². The van der Waals surface area contributed by atoms with Gasteiger partial charge in [0.1, 0.15) is 0 Å². The Morgan fingerprint density at radius 3 is 2.67 bits per heavy atom. The number of nitrogens with two attached hydrogens (primary N) is 1. The van der Waals surface area contributed by atoms with Crippen LogP contribution in [0.1, 0.15) is 24.8 Å². The monoisotopic (exact) mass is 287 g/mol. The molecule has 102 valence electrons. The summed E-state index contributed by atoms with van der Waals surface area (Å²) in [5.74, 6) is 0. The summed E-state index contributed by atoms with van der Waals surface area (Å²) in [5.41, 5.74) is 6.18. The van der Waals surface area contributed by atoms with Crippen LogP contribution in [0.4, 0.5) is 0 Å². The predicted molar refractivity (Wildman–Crippen MR) is 79.4 cm³/mol. The van der Waals surface area contributed by atoms with Crippen LogP contribution in [0, 0.1) is 0 Å². The van der Waals surface area contributed by atoms with E-state index in [9.17, 15) is 0 Å². The van der Waals surface area contributed by atoms with E-state index in [0.29, 0.717) is 12.6 Å². The van der Waals surface area contributed by atoms with E-state index in [4.69, 9.17) is 17.3 Å². The fourth-order valence-electron chi connectivity index (χ4n) is 2.50. The molecule has 0 bridgehead atoms. The standard InChI is InChI=1S/C13H22ClN3S/c1-13(2)9-17(7-6-16(13)3)10(8-15)11-4-5-12(14)18-11/h4-5,10H,6-9,15H2,1-3H3. The molecule has 18 heavy (non-hydrogen) atoms. The molecule has 1 aromatic heterocycles. The lowest BCUT2D eigenvalue weighted by atomic mass is 9.98. The first-order valence-electron chi connectivity index (χ1n) is 6.34. The zero-order chi connectivity index (χ0) is 13.3. The fraction of sp³-hybridized carbons (Fsp3) is 0.692. The zero-order valence-corrected chi connectivity index (χ0v) is 12.9.